The van der Waals surface area contributed by atoms with Crippen LogP contribution >= 0.6 is 22.9 Å². The van der Waals surface area contributed by atoms with Gasteiger partial charge in [0.1, 0.15) is 10.2 Å². The summed E-state index contributed by atoms with van der Waals surface area (Å²) in [6.45, 7) is 2.57. The van der Waals surface area contributed by atoms with Crippen LogP contribution in [0.25, 0.3) is 10.7 Å². The van der Waals surface area contributed by atoms with Gasteiger partial charge >= 0.3 is 0 Å². The lowest BCUT2D eigenvalue weighted by atomic mass is 10.3. The fourth-order valence-corrected chi connectivity index (χ4v) is 2.88. The summed E-state index contributed by atoms with van der Waals surface area (Å²) < 4.78 is 0. The molecule has 4 nitrogen and oxygen atoms in total. The first kappa shape index (κ1) is 14.0. The topological polar surface area (TPSA) is 50.7 Å². The molecule has 0 bridgehead atoms. The molecule has 0 atom stereocenters. The van der Waals surface area contributed by atoms with E-state index in [1.807, 2.05) is 36.6 Å². The quantitative estimate of drug-likeness (QED) is 0.734. The molecule has 0 amide bonds. The third-order valence-corrected chi connectivity index (χ3v) is 4.07. The van der Waals surface area contributed by atoms with Crippen molar-refractivity contribution in [1.82, 2.24) is 15.0 Å². The van der Waals surface area contributed by atoms with Crippen LogP contribution in [-0.2, 0) is 6.54 Å². The number of hydrogen-bond acceptors (Lipinski definition) is 5. The Morgan fingerprint density at radius 3 is 2.86 bits per heavy atom. The molecular formula is C15H13ClN4S. The molecule has 6 heteroatoms. The van der Waals surface area contributed by atoms with E-state index in [4.69, 9.17) is 11.6 Å². The van der Waals surface area contributed by atoms with E-state index in [1.165, 1.54) is 0 Å². The van der Waals surface area contributed by atoms with Gasteiger partial charge in [0.25, 0.3) is 0 Å². The first-order chi connectivity index (χ1) is 10.2. The van der Waals surface area contributed by atoms with Gasteiger partial charge in [-0.05, 0) is 31.2 Å². The maximum absolute atomic E-state index is 5.85. The second-order valence-electron chi connectivity index (χ2n) is 4.48. The molecule has 3 rings (SSSR count). The minimum Gasteiger partial charge on any atom is -0.378 e. The Morgan fingerprint density at radius 2 is 2.10 bits per heavy atom. The van der Waals surface area contributed by atoms with Gasteiger partial charge in [-0.1, -0.05) is 17.7 Å². The maximum Gasteiger partial charge on any atom is 0.142 e. The largest absolute Gasteiger partial charge is 0.378 e. The van der Waals surface area contributed by atoms with E-state index in [0.29, 0.717) is 11.7 Å². The Kier molecular flexibility index (Phi) is 4.13. The minimum absolute atomic E-state index is 0.504. The van der Waals surface area contributed by atoms with Crippen molar-refractivity contribution in [3.05, 3.63) is 58.4 Å². The van der Waals surface area contributed by atoms with Gasteiger partial charge in [0.2, 0.25) is 0 Å². The third-order valence-electron chi connectivity index (χ3n) is 2.95. The molecule has 3 heterocycles. The van der Waals surface area contributed by atoms with Crippen LogP contribution in [0, 0.1) is 6.92 Å². The molecule has 0 saturated heterocycles. The van der Waals surface area contributed by atoms with E-state index >= 15 is 0 Å². The van der Waals surface area contributed by atoms with Crippen LogP contribution in [0.3, 0.4) is 0 Å². The van der Waals surface area contributed by atoms with Gasteiger partial charge in [-0.25, -0.2) is 9.97 Å². The molecule has 3 aromatic rings. The van der Waals surface area contributed by atoms with E-state index in [0.717, 1.165) is 27.8 Å². The molecule has 0 aliphatic carbocycles. The summed E-state index contributed by atoms with van der Waals surface area (Å²) in [5.74, 6) is 0. The molecule has 106 valence electrons. The molecule has 0 unspecified atom stereocenters. The molecule has 3 aromatic heterocycles. The molecule has 0 aliphatic heterocycles. The van der Waals surface area contributed by atoms with E-state index in [9.17, 15) is 0 Å². The fourth-order valence-electron chi connectivity index (χ4n) is 1.90. The van der Waals surface area contributed by atoms with E-state index in [1.54, 1.807) is 23.6 Å². The average molecular weight is 317 g/mol. The van der Waals surface area contributed by atoms with Crippen molar-refractivity contribution in [3.8, 4) is 10.7 Å². The Balaban J connectivity index is 1.70. The number of rotatable bonds is 4. The molecule has 0 radical (unpaired) electrons. The number of aryl methyl sites for hydroxylation is 1. The van der Waals surface area contributed by atoms with Crippen molar-refractivity contribution in [2.24, 2.45) is 0 Å². The highest BCUT2D eigenvalue weighted by Crippen LogP contribution is 2.22. The second kappa shape index (κ2) is 6.20. The highest BCUT2D eigenvalue weighted by molar-refractivity contribution is 7.13. The van der Waals surface area contributed by atoms with Crippen molar-refractivity contribution in [3.63, 3.8) is 0 Å². The van der Waals surface area contributed by atoms with Gasteiger partial charge in [0.05, 0.1) is 29.3 Å². The lowest BCUT2D eigenvalue weighted by molar-refractivity contribution is 1.05. The molecule has 0 aromatic carbocycles. The predicted molar refractivity (Wildman–Crippen MR) is 86.7 cm³/mol. The summed E-state index contributed by atoms with van der Waals surface area (Å²) in [5, 5.41) is 6.79. The number of hydrogen-bond donors (Lipinski definition) is 1. The number of anilines is 1. The summed E-state index contributed by atoms with van der Waals surface area (Å²) >= 11 is 7.44. The van der Waals surface area contributed by atoms with Gasteiger partial charge in [-0.2, -0.15) is 0 Å². The van der Waals surface area contributed by atoms with E-state index in [-0.39, 0.29) is 0 Å². The summed E-state index contributed by atoms with van der Waals surface area (Å²) in [7, 11) is 0. The fraction of sp³-hybridized carbons (Fsp3) is 0.133. The zero-order valence-corrected chi connectivity index (χ0v) is 12.9. The van der Waals surface area contributed by atoms with Gasteiger partial charge in [-0.15, -0.1) is 11.3 Å². The number of aromatic nitrogens is 3. The van der Waals surface area contributed by atoms with Gasteiger partial charge in [0.15, 0.2) is 0 Å². The summed E-state index contributed by atoms with van der Waals surface area (Å²) in [6, 6.07) is 9.53. The molecule has 0 aliphatic rings. The van der Waals surface area contributed by atoms with Crippen molar-refractivity contribution < 1.29 is 0 Å². The maximum atomic E-state index is 5.85. The van der Waals surface area contributed by atoms with Crippen LogP contribution in [-0.4, -0.2) is 15.0 Å². The highest BCUT2D eigenvalue weighted by Gasteiger charge is 2.06. The summed E-state index contributed by atoms with van der Waals surface area (Å²) in [4.78, 5) is 13.1. The zero-order chi connectivity index (χ0) is 14.7. The van der Waals surface area contributed by atoms with Crippen LogP contribution in [0.2, 0.25) is 5.15 Å². The van der Waals surface area contributed by atoms with Crippen LogP contribution in [0.4, 0.5) is 5.69 Å². The van der Waals surface area contributed by atoms with Gasteiger partial charge in [-0.3, -0.25) is 4.98 Å². The lowest BCUT2D eigenvalue weighted by Gasteiger charge is -2.07. The Morgan fingerprint density at radius 1 is 1.19 bits per heavy atom. The first-order valence-corrected chi connectivity index (χ1v) is 7.71. The second-order valence-corrected chi connectivity index (χ2v) is 5.72. The number of nitrogens with one attached hydrogen (secondary N) is 1. The normalized spacial score (nSPS) is 10.6. The minimum atomic E-state index is 0.504. The first-order valence-electron chi connectivity index (χ1n) is 6.45. The summed E-state index contributed by atoms with van der Waals surface area (Å²) in [6.07, 6.45) is 1.78. The lowest BCUT2D eigenvalue weighted by Crippen LogP contribution is -2.02. The Bertz CT molecular complexity index is 742. The van der Waals surface area contributed by atoms with Crippen molar-refractivity contribution in [2.45, 2.75) is 13.5 Å². The van der Waals surface area contributed by atoms with E-state index in [2.05, 4.69) is 20.3 Å². The van der Waals surface area contributed by atoms with Gasteiger partial charge < -0.3 is 5.32 Å². The molecule has 21 heavy (non-hydrogen) atoms. The Labute approximate surface area is 131 Å². The van der Waals surface area contributed by atoms with E-state index < -0.39 is 0 Å². The number of halogens is 1. The summed E-state index contributed by atoms with van der Waals surface area (Å²) in [5.41, 5.74) is 3.72. The predicted octanol–water partition coefficient (Wildman–Crippen LogP) is 4.17. The number of nitrogens with zero attached hydrogens (tertiary/aromatic N) is 3. The zero-order valence-electron chi connectivity index (χ0n) is 11.4. The van der Waals surface area contributed by atoms with Crippen molar-refractivity contribution in [1.29, 1.82) is 0 Å². The molecule has 1 N–H and O–H groups in total. The molecule has 0 fully saturated rings. The van der Waals surface area contributed by atoms with Crippen LogP contribution in [0.15, 0.2) is 41.9 Å². The van der Waals surface area contributed by atoms with Crippen molar-refractivity contribution >= 4 is 28.6 Å². The molecule has 0 spiro atoms. The number of thiazole rings is 1. The Hall–Kier alpha value is -1.98. The SMILES string of the molecule is Cc1nc(Cl)ccc1NCc1csc(-c2ccccn2)n1. The highest BCUT2D eigenvalue weighted by atomic mass is 35.5. The third kappa shape index (κ3) is 3.37. The van der Waals surface area contributed by atoms with Crippen LogP contribution < -0.4 is 5.32 Å². The van der Waals surface area contributed by atoms with Gasteiger partial charge in [0, 0.05) is 11.6 Å². The molecule has 0 saturated carbocycles. The monoisotopic (exact) mass is 316 g/mol. The van der Waals surface area contributed by atoms with Crippen LogP contribution in [0.5, 0.6) is 0 Å². The number of pyridine rings is 2. The average Bonchev–Trinajstić information content (AvgIpc) is 2.96. The van der Waals surface area contributed by atoms with Crippen LogP contribution in [0.1, 0.15) is 11.4 Å². The smallest absolute Gasteiger partial charge is 0.142 e. The van der Waals surface area contributed by atoms with Crippen molar-refractivity contribution in [2.75, 3.05) is 5.32 Å². The molecular weight excluding hydrogens is 304 g/mol. The standard InChI is InChI=1S/C15H13ClN4S/c1-10-12(5-6-14(16)19-10)18-8-11-9-21-15(20-11)13-4-2-3-7-17-13/h2-7,9,18H,8H2,1H3.